The van der Waals surface area contributed by atoms with Gasteiger partial charge in [0.15, 0.2) is 0 Å². The van der Waals surface area contributed by atoms with Crippen molar-refractivity contribution in [1.29, 1.82) is 0 Å². The van der Waals surface area contributed by atoms with Gasteiger partial charge in [0.05, 0.1) is 18.9 Å². The minimum Gasteiger partial charge on any atom is -0.382 e. The lowest BCUT2D eigenvalue weighted by molar-refractivity contribution is 0.0677. The Hall–Kier alpha value is -0.910. The van der Waals surface area contributed by atoms with E-state index in [1.54, 1.807) is 7.11 Å². The Morgan fingerprint density at radius 2 is 2.19 bits per heavy atom. The van der Waals surface area contributed by atoms with E-state index in [0.29, 0.717) is 19.8 Å². The topological polar surface area (TPSA) is 62.3 Å². The Balaban J connectivity index is 2.16. The summed E-state index contributed by atoms with van der Waals surface area (Å²) in [5, 5.41) is 4.37. The molecule has 0 amide bonds. The summed E-state index contributed by atoms with van der Waals surface area (Å²) in [6.07, 6.45) is 2.96. The van der Waals surface area contributed by atoms with Crippen molar-refractivity contribution >= 4 is 0 Å². The second-order valence-electron chi connectivity index (χ2n) is 3.67. The maximum Gasteiger partial charge on any atom is 0.0700 e. The van der Waals surface area contributed by atoms with Gasteiger partial charge in [-0.1, -0.05) is 0 Å². The van der Waals surface area contributed by atoms with Gasteiger partial charge in [0.2, 0.25) is 0 Å². The maximum atomic E-state index is 5.58. The molecule has 0 aliphatic carbocycles. The molecule has 0 saturated heterocycles. The van der Waals surface area contributed by atoms with Crippen molar-refractivity contribution in [2.45, 2.75) is 26.4 Å². The Bertz CT molecular complexity index is 299. The van der Waals surface area contributed by atoms with E-state index in [-0.39, 0.29) is 0 Å². The van der Waals surface area contributed by atoms with Crippen LogP contribution in [0.3, 0.4) is 0 Å². The van der Waals surface area contributed by atoms with Crippen LogP contribution in [0, 0.1) is 6.92 Å². The Morgan fingerprint density at radius 3 is 2.81 bits per heavy atom. The number of nitrogens with zero attached hydrogens (tertiary/aromatic N) is 2. The zero-order valence-corrected chi connectivity index (χ0v) is 10.1. The molecule has 0 aliphatic heterocycles. The highest BCUT2D eigenvalue weighted by Gasteiger charge is 2.02. The fourth-order valence-corrected chi connectivity index (χ4v) is 1.45. The smallest absolute Gasteiger partial charge is 0.0700 e. The van der Waals surface area contributed by atoms with Crippen molar-refractivity contribution in [2.24, 2.45) is 5.73 Å². The minimum absolute atomic E-state index is 0.552. The predicted molar refractivity (Wildman–Crippen MR) is 62.2 cm³/mol. The molecule has 5 heteroatoms. The standard InChI is InChI=1S/C11H21N3O2/c1-10-11(8-12)9-14(13-10)4-3-5-16-7-6-15-2/h9H,3-8,12H2,1-2H3. The van der Waals surface area contributed by atoms with Gasteiger partial charge in [-0.3, -0.25) is 4.68 Å². The molecule has 0 spiro atoms. The van der Waals surface area contributed by atoms with E-state index < -0.39 is 0 Å². The van der Waals surface area contributed by atoms with Gasteiger partial charge < -0.3 is 15.2 Å². The number of rotatable bonds is 8. The molecule has 2 N–H and O–H groups in total. The SMILES string of the molecule is COCCOCCCn1cc(CN)c(C)n1. The van der Waals surface area contributed by atoms with Gasteiger partial charge in [-0.25, -0.2) is 0 Å². The summed E-state index contributed by atoms with van der Waals surface area (Å²) in [7, 11) is 1.67. The number of hydrogen-bond donors (Lipinski definition) is 1. The molecule has 92 valence electrons. The van der Waals surface area contributed by atoms with Crippen molar-refractivity contribution < 1.29 is 9.47 Å². The summed E-state index contributed by atoms with van der Waals surface area (Å²) in [6.45, 7) is 5.44. The van der Waals surface area contributed by atoms with Gasteiger partial charge >= 0.3 is 0 Å². The Kier molecular flexibility index (Phi) is 6.07. The number of methoxy groups -OCH3 is 1. The molecule has 0 radical (unpaired) electrons. The molecule has 0 aliphatic rings. The molecular formula is C11H21N3O2. The van der Waals surface area contributed by atoms with Crippen LogP contribution in [0.15, 0.2) is 6.20 Å². The largest absolute Gasteiger partial charge is 0.382 e. The van der Waals surface area contributed by atoms with Crippen molar-refractivity contribution in [3.8, 4) is 0 Å². The third kappa shape index (κ3) is 4.30. The average molecular weight is 227 g/mol. The van der Waals surface area contributed by atoms with Crippen molar-refractivity contribution in [2.75, 3.05) is 26.9 Å². The molecule has 5 nitrogen and oxygen atoms in total. The number of aryl methyl sites for hydroxylation is 2. The lowest BCUT2D eigenvalue weighted by Gasteiger charge is -2.03. The number of aromatic nitrogens is 2. The van der Waals surface area contributed by atoms with Gasteiger partial charge in [0.1, 0.15) is 0 Å². The monoisotopic (exact) mass is 227 g/mol. The van der Waals surface area contributed by atoms with Crippen molar-refractivity contribution in [3.05, 3.63) is 17.5 Å². The quantitative estimate of drug-likeness (QED) is 0.664. The van der Waals surface area contributed by atoms with E-state index in [0.717, 1.165) is 30.8 Å². The van der Waals surface area contributed by atoms with Gasteiger partial charge in [0, 0.05) is 38.6 Å². The van der Waals surface area contributed by atoms with Crippen molar-refractivity contribution in [3.63, 3.8) is 0 Å². The number of ether oxygens (including phenoxy) is 2. The van der Waals surface area contributed by atoms with Crippen LogP contribution >= 0.6 is 0 Å². The summed E-state index contributed by atoms with van der Waals surface area (Å²) < 4.78 is 12.2. The molecule has 0 saturated carbocycles. The van der Waals surface area contributed by atoms with Gasteiger partial charge in [-0.05, 0) is 13.3 Å². The summed E-state index contributed by atoms with van der Waals surface area (Å²) in [5.74, 6) is 0. The second kappa shape index (κ2) is 7.38. The van der Waals surface area contributed by atoms with Crippen LogP contribution in [0.1, 0.15) is 17.7 Å². The molecule has 0 unspecified atom stereocenters. The zero-order valence-electron chi connectivity index (χ0n) is 10.1. The summed E-state index contributed by atoms with van der Waals surface area (Å²) in [6, 6.07) is 0. The summed E-state index contributed by atoms with van der Waals surface area (Å²) in [4.78, 5) is 0. The summed E-state index contributed by atoms with van der Waals surface area (Å²) >= 11 is 0. The lowest BCUT2D eigenvalue weighted by Crippen LogP contribution is -2.06. The second-order valence-corrected chi connectivity index (χ2v) is 3.67. The first-order chi connectivity index (χ1) is 7.77. The molecule has 1 rings (SSSR count). The van der Waals surface area contributed by atoms with Crippen LogP contribution in [0.5, 0.6) is 0 Å². The van der Waals surface area contributed by atoms with Crippen LogP contribution in [0.25, 0.3) is 0 Å². The molecule has 0 atom stereocenters. The maximum absolute atomic E-state index is 5.58. The van der Waals surface area contributed by atoms with Crippen LogP contribution in [0.2, 0.25) is 0 Å². The van der Waals surface area contributed by atoms with E-state index in [1.807, 2.05) is 17.8 Å². The Labute approximate surface area is 96.5 Å². The highest BCUT2D eigenvalue weighted by molar-refractivity contribution is 5.14. The van der Waals surface area contributed by atoms with E-state index in [1.165, 1.54) is 0 Å². The molecule has 0 aromatic carbocycles. The van der Waals surface area contributed by atoms with Crippen LogP contribution in [0.4, 0.5) is 0 Å². The Morgan fingerprint density at radius 1 is 1.38 bits per heavy atom. The molecular weight excluding hydrogens is 206 g/mol. The van der Waals surface area contributed by atoms with Crippen LogP contribution in [-0.2, 0) is 22.6 Å². The predicted octanol–water partition coefficient (Wildman–Crippen LogP) is 0.703. The zero-order chi connectivity index (χ0) is 11.8. The van der Waals surface area contributed by atoms with Gasteiger partial charge in [0.25, 0.3) is 0 Å². The minimum atomic E-state index is 0.552. The first-order valence-electron chi connectivity index (χ1n) is 5.57. The molecule has 1 aromatic rings. The highest BCUT2D eigenvalue weighted by atomic mass is 16.5. The van der Waals surface area contributed by atoms with Crippen LogP contribution < -0.4 is 5.73 Å². The molecule has 0 bridgehead atoms. The summed E-state index contributed by atoms with van der Waals surface area (Å²) in [5.41, 5.74) is 7.71. The van der Waals surface area contributed by atoms with E-state index in [4.69, 9.17) is 15.2 Å². The van der Waals surface area contributed by atoms with Gasteiger partial charge in [-0.2, -0.15) is 5.10 Å². The normalized spacial score (nSPS) is 10.9. The van der Waals surface area contributed by atoms with E-state index in [9.17, 15) is 0 Å². The molecule has 1 heterocycles. The van der Waals surface area contributed by atoms with Crippen LogP contribution in [-0.4, -0.2) is 36.7 Å². The van der Waals surface area contributed by atoms with Gasteiger partial charge in [-0.15, -0.1) is 0 Å². The van der Waals surface area contributed by atoms with E-state index >= 15 is 0 Å². The van der Waals surface area contributed by atoms with E-state index in [2.05, 4.69) is 5.10 Å². The number of nitrogens with two attached hydrogens (primary N) is 1. The fraction of sp³-hybridized carbons (Fsp3) is 0.727. The third-order valence-electron chi connectivity index (χ3n) is 2.38. The molecule has 1 aromatic heterocycles. The lowest BCUT2D eigenvalue weighted by atomic mass is 10.3. The van der Waals surface area contributed by atoms with Crippen molar-refractivity contribution in [1.82, 2.24) is 9.78 Å². The molecule has 0 fully saturated rings. The highest BCUT2D eigenvalue weighted by Crippen LogP contribution is 2.04. The number of hydrogen-bond acceptors (Lipinski definition) is 4. The average Bonchev–Trinajstić information content (AvgIpc) is 2.64. The first-order valence-corrected chi connectivity index (χ1v) is 5.57. The fourth-order valence-electron chi connectivity index (χ4n) is 1.45. The first kappa shape index (κ1) is 13.2. The molecule has 16 heavy (non-hydrogen) atoms. The third-order valence-corrected chi connectivity index (χ3v) is 2.38.